The Morgan fingerprint density at radius 1 is 1.00 bits per heavy atom. The second-order valence-corrected chi connectivity index (χ2v) is 5.00. The molecule has 0 spiro atoms. The van der Waals surface area contributed by atoms with Gasteiger partial charge >= 0.3 is 0 Å². The van der Waals surface area contributed by atoms with Crippen LogP contribution in [-0.2, 0) is 5.75 Å². The Kier molecular flexibility index (Phi) is 2.56. The van der Waals surface area contributed by atoms with E-state index in [4.69, 9.17) is 7.85 Å². The molecule has 0 bridgehead atoms. The summed E-state index contributed by atoms with van der Waals surface area (Å²) in [4.78, 5) is 13.4. The lowest BCUT2D eigenvalue weighted by Crippen LogP contribution is -2.14. The highest BCUT2D eigenvalue weighted by Crippen LogP contribution is 2.32. The first-order valence-electron chi connectivity index (χ1n) is 5.41. The van der Waals surface area contributed by atoms with E-state index in [-0.39, 0.29) is 5.78 Å². The molecule has 0 aromatic heterocycles. The van der Waals surface area contributed by atoms with E-state index in [1.807, 2.05) is 42.5 Å². The van der Waals surface area contributed by atoms with Crippen LogP contribution in [0.5, 0.6) is 0 Å². The number of hydrogen-bond donors (Lipinski definition) is 0. The highest BCUT2D eigenvalue weighted by atomic mass is 32.2. The molecule has 1 heterocycles. The van der Waals surface area contributed by atoms with Gasteiger partial charge in [-0.1, -0.05) is 35.8 Å². The molecule has 1 aliphatic rings. The molecule has 0 N–H and O–H groups in total. The van der Waals surface area contributed by atoms with E-state index in [1.165, 1.54) is 0 Å². The van der Waals surface area contributed by atoms with E-state index in [1.54, 1.807) is 11.8 Å². The van der Waals surface area contributed by atoms with Crippen LogP contribution in [0.1, 0.15) is 21.5 Å². The van der Waals surface area contributed by atoms with E-state index >= 15 is 0 Å². The second-order valence-electron chi connectivity index (χ2n) is 3.99. The lowest BCUT2D eigenvalue weighted by molar-refractivity contribution is 0.103. The fourth-order valence-corrected chi connectivity index (χ4v) is 3.17. The molecule has 0 atom stereocenters. The molecular formula is C14H9BOS. The van der Waals surface area contributed by atoms with Crippen LogP contribution in [0.15, 0.2) is 47.4 Å². The monoisotopic (exact) mass is 236 g/mol. The third-order valence-electron chi connectivity index (χ3n) is 2.96. The maximum Gasteiger partial charge on any atom is 0.194 e. The number of rotatable bonds is 0. The molecular weight excluding hydrogens is 227 g/mol. The summed E-state index contributed by atoms with van der Waals surface area (Å²) >= 11 is 1.67. The van der Waals surface area contributed by atoms with Crippen molar-refractivity contribution in [2.24, 2.45) is 0 Å². The quantitative estimate of drug-likeness (QED) is 0.653. The Labute approximate surface area is 106 Å². The molecule has 3 rings (SSSR count). The predicted molar refractivity (Wildman–Crippen MR) is 71.3 cm³/mol. The van der Waals surface area contributed by atoms with Gasteiger partial charge < -0.3 is 0 Å². The van der Waals surface area contributed by atoms with Gasteiger partial charge in [0, 0.05) is 21.8 Å². The van der Waals surface area contributed by atoms with Crippen molar-refractivity contribution in [3.05, 3.63) is 59.2 Å². The Morgan fingerprint density at radius 3 is 2.65 bits per heavy atom. The van der Waals surface area contributed by atoms with Crippen LogP contribution >= 0.6 is 11.8 Å². The molecule has 3 heteroatoms. The lowest BCUT2D eigenvalue weighted by Gasteiger charge is -2.07. The first-order chi connectivity index (χ1) is 8.27. The van der Waals surface area contributed by atoms with Gasteiger partial charge in [0.15, 0.2) is 5.78 Å². The highest BCUT2D eigenvalue weighted by molar-refractivity contribution is 7.98. The Morgan fingerprint density at radius 2 is 1.76 bits per heavy atom. The summed E-state index contributed by atoms with van der Waals surface area (Å²) in [6, 6.07) is 13.3. The third-order valence-corrected chi connectivity index (χ3v) is 4.06. The van der Waals surface area contributed by atoms with Crippen LogP contribution in [0.2, 0.25) is 0 Å². The molecule has 0 saturated heterocycles. The Bertz CT molecular complexity index is 607. The summed E-state index contributed by atoms with van der Waals surface area (Å²) in [5.41, 5.74) is 3.18. The summed E-state index contributed by atoms with van der Waals surface area (Å²) in [5, 5.41) is 0. The lowest BCUT2D eigenvalue weighted by atomic mass is 9.86. The molecule has 2 aromatic rings. The maximum atomic E-state index is 12.4. The molecule has 0 unspecified atom stereocenters. The number of ketones is 1. The average molecular weight is 236 g/mol. The van der Waals surface area contributed by atoms with Gasteiger partial charge in [0.05, 0.1) is 0 Å². The molecule has 2 radical (unpaired) electrons. The molecule has 80 valence electrons. The van der Waals surface area contributed by atoms with Crippen molar-refractivity contribution in [2.75, 3.05) is 0 Å². The fraction of sp³-hybridized carbons (Fsp3) is 0.0714. The van der Waals surface area contributed by atoms with Gasteiger partial charge in [0.1, 0.15) is 7.85 Å². The Hall–Kier alpha value is -1.48. The zero-order valence-corrected chi connectivity index (χ0v) is 9.96. The van der Waals surface area contributed by atoms with Crippen molar-refractivity contribution < 1.29 is 4.79 Å². The zero-order valence-electron chi connectivity index (χ0n) is 9.14. The number of benzene rings is 2. The van der Waals surface area contributed by atoms with Crippen LogP contribution in [-0.4, -0.2) is 13.6 Å². The highest BCUT2D eigenvalue weighted by Gasteiger charge is 2.21. The van der Waals surface area contributed by atoms with Crippen molar-refractivity contribution in [1.82, 2.24) is 0 Å². The van der Waals surface area contributed by atoms with Gasteiger partial charge in [-0.3, -0.25) is 4.79 Å². The van der Waals surface area contributed by atoms with Crippen molar-refractivity contribution in [1.29, 1.82) is 0 Å². The van der Waals surface area contributed by atoms with Crippen LogP contribution in [0.3, 0.4) is 0 Å². The summed E-state index contributed by atoms with van der Waals surface area (Å²) in [7, 11) is 5.94. The van der Waals surface area contributed by atoms with Crippen molar-refractivity contribution in [3.63, 3.8) is 0 Å². The number of carbonyl (C=O) groups is 1. The van der Waals surface area contributed by atoms with Crippen molar-refractivity contribution in [3.8, 4) is 0 Å². The SMILES string of the molecule is [B]c1cccc2c1CSc1ccccc1C2=O. The minimum Gasteiger partial charge on any atom is -0.289 e. The van der Waals surface area contributed by atoms with Gasteiger partial charge in [-0.15, -0.1) is 11.8 Å². The molecule has 0 saturated carbocycles. The van der Waals surface area contributed by atoms with Crippen LogP contribution in [0, 0.1) is 0 Å². The topological polar surface area (TPSA) is 17.1 Å². The summed E-state index contributed by atoms with van der Waals surface area (Å²) < 4.78 is 0. The number of hydrogen-bond acceptors (Lipinski definition) is 2. The number of fused-ring (bicyclic) bond motifs is 2. The van der Waals surface area contributed by atoms with Gasteiger partial charge in [-0.2, -0.15) is 0 Å². The summed E-state index contributed by atoms with van der Waals surface area (Å²) in [6.07, 6.45) is 0. The second kappa shape index (κ2) is 4.08. The number of carbonyl (C=O) groups excluding carboxylic acids is 1. The molecule has 1 aliphatic heterocycles. The van der Waals surface area contributed by atoms with Crippen molar-refractivity contribution in [2.45, 2.75) is 10.6 Å². The fourth-order valence-electron chi connectivity index (χ4n) is 2.05. The number of thioether (sulfide) groups is 1. The smallest absolute Gasteiger partial charge is 0.194 e. The van der Waals surface area contributed by atoms with E-state index in [0.29, 0.717) is 5.46 Å². The van der Waals surface area contributed by atoms with Gasteiger partial charge in [0.25, 0.3) is 0 Å². The molecule has 2 aromatic carbocycles. The van der Waals surface area contributed by atoms with Crippen molar-refractivity contribution >= 4 is 30.9 Å². The minimum atomic E-state index is 0.0768. The largest absolute Gasteiger partial charge is 0.289 e. The van der Waals surface area contributed by atoms with Gasteiger partial charge in [0.2, 0.25) is 0 Å². The van der Waals surface area contributed by atoms with Gasteiger partial charge in [-0.05, 0) is 17.7 Å². The molecule has 17 heavy (non-hydrogen) atoms. The van der Waals surface area contributed by atoms with E-state index in [2.05, 4.69) is 0 Å². The van der Waals surface area contributed by atoms with Gasteiger partial charge in [-0.25, -0.2) is 0 Å². The first-order valence-corrected chi connectivity index (χ1v) is 6.40. The third kappa shape index (κ3) is 1.71. The average Bonchev–Trinajstić information content (AvgIpc) is 2.50. The van der Waals surface area contributed by atoms with E-state index in [0.717, 1.165) is 27.3 Å². The zero-order chi connectivity index (χ0) is 11.8. The standard InChI is InChI=1S/C14H9BOS/c15-12-6-3-5-9-11(12)8-17-13-7-2-1-4-10(13)14(9)16/h1-7H,8H2. The maximum absolute atomic E-state index is 12.4. The van der Waals surface area contributed by atoms with Crippen LogP contribution < -0.4 is 5.46 Å². The molecule has 0 aliphatic carbocycles. The first kappa shape index (κ1) is 10.7. The Balaban J connectivity index is 2.24. The molecule has 0 fully saturated rings. The van der Waals surface area contributed by atoms with E-state index < -0.39 is 0 Å². The summed E-state index contributed by atoms with van der Waals surface area (Å²) in [6.45, 7) is 0. The predicted octanol–water partition coefficient (Wildman–Crippen LogP) is 2.32. The minimum absolute atomic E-state index is 0.0768. The van der Waals surface area contributed by atoms with Crippen LogP contribution in [0.25, 0.3) is 0 Å². The normalized spacial score (nSPS) is 13.8. The van der Waals surface area contributed by atoms with E-state index in [9.17, 15) is 4.79 Å². The molecule has 0 amide bonds. The van der Waals surface area contributed by atoms with Crippen LogP contribution in [0.4, 0.5) is 0 Å². The molecule has 1 nitrogen and oxygen atoms in total. The summed E-state index contributed by atoms with van der Waals surface area (Å²) in [5.74, 6) is 0.831.